The third kappa shape index (κ3) is 2.87. The number of nitrogens with zero attached hydrogens (tertiary/aromatic N) is 3. The van der Waals surface area contributed by atoms with E-state index in [-0.39, 0.29) is 17.3 Å². The first kappa shape index (κ1) is 17.8. The average Bonchev–Trinajstić information content (AvgIpc) is 2.60. The number of hydrogen-bond donors (Lipinski definition) is 2. The Kier molecular flexibility index (Phi) is 4.59. The van der Waals surface area contributed by atoms with Gasteiger partial charge in [0.2, 0.25) is 5.62 Å². The van der Waals surface area contributed by atoms with Crippen LogP contribution in [0.15, 0.2) is 54.3 Å². The first-order valence-electron chi connectivity index (χ1n) is 8.46. The molecule has 134 valence electrons. The number of fused-ring (bicyclic) bond motifs is 1. The van der Waals surface area contributed by atoms with Gasteiger partial charge in [0.15, 0.2) is 0 Å². The largest absolute Gasteiger partial charge is 0.325 e. The van der Waals surface area contributed by atoms with E-state index in [0.717, 1.165) is 29.7 Å². The fourth-order valence-corrected chi connectivity index (χ4v) is 3.46. The first-order chi connectivity index (χ1) is 12.3. The summed E-state index contributed by atoms with van der Waals surface area (Å²) in [6.45, 7) is 12.2. The van der Waals surface area contributed by atoms with Crippen LogP contribution in [0.1, 0.15) is 26.7 Å². The lowest BCUT2D eigenvalue weighted by molar-refractivity contribution is 0.629. The number of nitrogens with one attached hydrogen (secondary N) is 2. The van der Waals surface area contributed by atoms with Crippen LogP contribution >= 0.6 is 0 Å². The molecule has 2 N–H and O–H groups in total. The van der Waals surface area contributed by atoms with Crippen LogP contribution in [0.5, 0.6) is 0 Å². The van der Waals surface area contributed by atoms with E-state index in [4.69, 9.17) is 10.8 Å². The van der Waals surface area contributed by atoms with E-state index in [9.17, 15) is 4.39 Å². The molecule has 2 aromatic rings. The summed E-state index contributed by atoms with van der Waals surface area (Å²) in [4.78, 5) is 6.39. The summed E-state index contributed by atoms with van der Waals surface area (Å²) in [5, 5.41) is 16.8. The van der Waals surface area contributed by atoms with Crippen LogP contribution in [-0.2, 0) is 0 Å². The molecule has 0 fully saturated rings. The van der Waals surface area contributed by atoms with Crippen LogP contribution in [0, 0.1) is 16.6 Å². The van der Waals surface area contributed by atoms with Gasteiger partial charge >= 0.3 is 0 Å². The summed E-state index contributed by atoms with van der Waals surface area (Å²) in [6.07, 6.45) is 3.58. The molecule has 1 aromatic carbocycles. The van der Waals surface area contributed by atoms with Crippen molar-refractivity contribution in [2.45, 2.75) is 26.7 Å². The number of halogens is 1. The van der Waals surface area contributed by atoms with E-state index in [1.54, 1.807) is 19.1 Å². The Morgan fingerprint density at radius 1 is 1.35 bits per heavy atom. The van der Waals surface area contributed by atoms with E-state index in [1.807, 2.05) is 11.8 Å². The van der Waals surface area contributed by atoms with Crippen molar-refractivity contribution in [1.82, 2.24) is 9.55 Å². The first-order valence-corrected chi connectivity index (χ1v) is 8.46. The highest BCUT2D eigenvalue weighted by Crippen LogP contribution is 2.34. The van der Waals surface area contributed by atoms with Crippen LogP contribution in [0.4, 0.5) is 10.2 Å². The fraction of sp³-hybridized carbons (Fsp3) is 0.250. The number of rotatable bonds is 3. The highest BCUT2D eigenvalue weighted by Gasteiger charge is 2.24. The molecule has 1 aromatic heterocycles. The molecule has 0 atom stereocenters. The van der Waals surface area contributed by atoms with Gasteiger partial charge in [-0.2, -0.15) is 4.98 Å². The molecule has 0 bridgehead atoms. The van der Waals surface area contributed by atoms with Gasteiger partial charge in [-0.3, -0.25) is 15.4 Å². The van der Waals surface area contributed by atoms with Gasteiger partial charge in [-0.1, -0.05) is 18.7 Å². The van der Waals surface area contributed by atoms with Crippen molar-refractivity contribution in [3.05, 3.63) is 65.7 Å². The molecule has 6 heteroatoms. The summed E-state index contributed by atoms with van der Waals surface area (Å²) in [7, 11) is 0. The fourth-order valence-electron chi connectivity index (χ4n) is 3.46. The quantitative estimate of drug-likeness (QED) is 0.645. The molecule has 0 unspecified atom stereocenters. The molecule has 1 aliphatic heterocycles. The summed E-state index contributed by atoms with van der Waals surface area (Å²) < 4.78 is 15.4. The predicted octanol–water partition coefficient (Wildman–Crippen LogP) is 4.12. The van der Waals surface area contributed by atoms with Crippen LogP contribution in [0.2, 0.25) is 0 Å². The van der Waals surface area contributed by atoms with Gasteiger partial charge in [0.05, 0.1) is 5.52 Å². The van der Waals surface area contributed by atoms with Crippen LogP contribution in [-0.4, -0.2) is 21.9 Å². The molecule has 0 radical (unpaired) electrons. The van der Waals surface area contributed by atoms with Gasteiger partial charge in [0, 0.05) is 17.6 Å². The minimum absolute atomic E-state index is 0.0579. The van der Waals surface area contributed by atoms with Crippen LogP contribution in [0.3, 0.4) is 0 Å². The normalized spacial score (nSPS) is 14.7. The van der Waals surface area contributed by atoms with Gasteiger partial charge in [0.1, 0.15) is 17.5 Å². The van der Waals surface area contributed by atoms with Gasteiger partial charge in [-0.25, -0.2) is 4.39 Å². The van der Waals surface area contributed by atoms with Crippen molar-refractivity contribution in [2.24, 2.45) is 0 Å². The molecule has 2 heterocycles. The van der Waals surface area contributed by atoms with Crippen molar-refractivity contribution in [1.29, 1.82) is 10.8 Å². The zero-order valence-electron chi connectivity index (χ0n) is 15.1. The Bertz CT molecular complexity index is 1030. The molecule has 5 nitrogen and oxygen atoms in total. The molecule has 26 heavy (non-hydrogen) atoms. The average molecular weight is 351 g/mol. The van der Waals surface area contributed by atoms with Crippen molar-refractivity contribution in [3.63, 3.8) is 0 Å². The van der Waals surface area contributed by atoms with E-state index >= 15 is 0 Å². The highest BCUT2D eigenvalue weighted by molar-refractivity contribution is 5.97. The summed E-state index contributed by atoms with van der Waals surface area (Å²) >= 11 is 0. The molecule has 1 aliphatic rings. The van der Waals surface area contributed by atoms with Crippen LogP contribution in [0.25, 0.3) is 10.9 Å². The summed E-state index contributed by atoms with van der Waals surface area (Å²) in [6, 6.07) is 4.34. The number of anilines is 1. The predicted molar refractivity (Wildman–Crippen MR) is 103 cm³/mol. The molecule has 0 spiro atoms. The maximum absolute atomic E-state index is 14.0. The minimum atomic E-state index is -0.381. The van der Waals surface area contributed by atoms with Gasteiger partial charge in [0.25, 0.3) is 0 Å². The Labute approximate surface area is 151 Å². The Hall–Kier alpha value is -3.02. The Morgan fingerprint density at radius 3 is 2.69 bits per heavy atom. The maximum Gasteiger partial charge on any atom is 0.230 e. The van der Waals surface area contributed by atoms with Crippen molar-refractivity contribution in [2.75, 3.05) is 11.4 Å². The second kappa shape index (κ2) is 6.71. The lowest BCUT2D eigenvalue weighted by Gasteiger charge is -2.33. The molecule has 0 aliphatic carbocycles. The SMILES string of the molecule is C=CC1=C(C(=C)C)CCCN1c1nc(=N)n(C(C)=N)c2ccc(F)cc12. The molecule has 0 amide bonds. The molecule has 0 saturated carbocycles. The highest BCUT2D eigenvalue weighted by atomic mass is 19.1. The zero-order chi connectivity index (χ0) is 19.0. The topological polar surface area (TPSA) is 68.8 Å². The monoisotopic (exact) mass is 351 g/mol. The summed E-state index contributed by atoms with van der Waals surface area (Å²) in [5.41, 5.74) is 3.49. The van der Waals surface area contributed by atoms with Crippen LogP contribution < -0.4 is 10.5 Å². The minimum Gasteiger partial charge on any atom is -0.325 e. The molecular weight excluding hydrogens is 329 g/mol. The lowest BCUT2D eigenvalue weighted by atomic mass is 9.96. The molecule has 0 saturated heterocycles. The number of aromatic nitrogens is 2. The molecular formula is C20H22FN5. The van der Waals surface area contributed by atoms with Crippen molar-refractivity contribution >= 4 is 22.6 Å². The third-order valence-corrected chi connectivity index (χ3v) is 4.57. The number of hydrogen-bond acceptors (Lipinski definition) is 4. The lowest BCUT2D eigenvalue weighted by Crippen LogP contribution is -2.34. The van der Waals surface area contributed by atoms with Crippen molar-refractivity contribution in [3.8, 4) is 0 Å². The van der Waals surface area contributed by atoms with E-state index in [0.29, 0.717) is 23.3 Å². The Balaban J connectivity index is 2.37. The molecule has 3 rings (SSSR count). The zero-order valence-corrected chi connectivity index (χ0v) is 15.1. The van der Waals surface area contributed by atoms with Gasteiger partial charge < -0.3 is 4.90 Å². The maximum atomic E-state index is 14.0. The van der Waals surface area contributed by atoms with E-state index < -0.39 is 0 Å². The smallest absolute Gasteiger partial charge is 0.230 e. The third-order valence-electron chi connectivity index (χ3n) is 4.57. The van der Waals surface area contributed by atoms with Gasteiger partial charge in [-0.05, 0) is 56.5 Å². The van der Waals surface area contributed by atoms with Gasteiger partial charge in [-0.15, -0.1) is 0 Å². The second-order valence-corrected chi connectivity index (χ2v) is 6.44. The summed E-state index contributed by atoms with van der Waals surface area (Å²) in [5.74, 6) is 0.287. The van der Waals surface area contributed by atoms with Crippen molar-refractivity contribution < 1.29 is 4.39 Å². The number of benzene rings is 1. The van der Waals surface area contributed by atoms with E-state index in [2.05, 4.69) is 18.1 Å². The standard InChI is InChI=1S/C20H22FN5/c1-5-17-15(12(2)3)7-6-10-25(17)19-16-11-14(21)8-9-18(16)26(13(4)22)20(23)24-19/h5,8-9,11,22-23H,1-2,6-7,10H2,3-4H3. The Morgan fingerprint density at radius 2 is 2.08 bits per heavy atom. The number of allylic oxidation sites excluding steroid dienone is 3. The van der Waals surface area contributed by atoms with E-state index in [1.165, 1.54) is 16.7 Å². The second-order valence-electron chi connectivity index (χ2n) is 6.44.